The second-order valence-electron chi connectivity index (χ2n) is 5.53. The molecule has 2 aromatic carbocycles. The van der Waals surface area contributed by atoms with E-state index >= 15 is 0 Å². The second-order valence-corrected chi connectivity index (χ2v) is 5.53. The van der Waals surface area contributed by atoms with Crippen molar-refractivity contribution in [1.29, 1.82) is 0 Å². The first-order valence-electron chi connectivity index (χ1n) is 8.01. The van der Waals surface area contributed by atoms with Crippen LogP contribution >= 0.6 is 0 Å². The van der Waals surface area contributed by atoms with Crippen LogP contribution in [0.3, 0.4) is 0 Å². The number of non-ortho nitro benzene ring substituents is 1. The Morgan fingerprint density at radius 1 is 1.07 bits per heavy atom. The van der Waals surface area contributed by atoms with Crippen LogP contribution in [0.15, 0.2) is 36.4 Å². The zero-order valence-corrected chi connectivity index (χ0v) is 15.6. The number of hydrogen-bond donors (Lipinski definition) is 2. The lowest BCUT2D eigenvalue weighted by Gasteiger charge is -2.12. The van der Waals surface area contributed by atoms with E-state index in [0.717, 1.165) is 0 Å². The number of nitrogens with one attached hydrogen (secondary N) is 1. The smallest absolute Gasteiger partial charge is 0.388 e. The third-order valence-electron chi connectivity index (χ3n) is 3.72. The van der Waals surface area contributed by atoms with Crippen molar-refractivity contribution in [3.63, 3.8) is 0 Å². The van der Waals surface area contributed by atoms with Gasteiger partial charge in [-0.15, -0.1) is 0 Å². The topological polar surface area (TPSA) is 137 Å². The van der Waals surface area contributed by atoms with Crippen molar-refractivity contribution in [3.05, 3.63) is 57.6 Å². The molecule has 0 aliphatic heterocycles. The number of methoxy groups -OCH3 is 3. The highest BCUT2D eigenvalue weighted by Crippen LogP contribution is 2.38. The number of rotatable bonds is 8. The molecular formula is C18H20N3O7+. The molecule has 2 aromatic rings. The van der Waals surface area contributed by atoms with Gasteiger partial charge in [0.15, 0.2) is 11.5 Å². The number of nitrogens with zero attached hydrogens (tertiary/aromatic N) is 1. The number of nitro benzene ring substituents is 1. The van der Waals surface area contributed by atoms with Crippen molar-refractivity contribution >= 4 is 17.5 Å². The van der Waals surface area contributed by atoms with Crippen LogP contribution in [0.5, 0.6) is 17.2 Å². The Labute approximate surface area is 160 Å². The maximum atomic E-state index is 12.3. The molecule has 0 unspecified atom stereocenters. The van der Waals surface area contributed by atoms with Gasteiger partial charge < -0.3 is 14.2 Å². The summed E-state index contributed by atoms with van der Waals surface area (Å²) < 4.78 is 15.6. The van der Waals surface area contributed by atoms with Crippen LogP contribution < -0.4 is 25.1 Å². The monoisotopic (exact) mass is 390 g/mol. The summed E-state index contributed by atoms with van der Waals surface area (Å²) in [5.41, 5.74) is 6.65. The highest BCUT2D eigenvalue weighted by molar-refractivity contribution is 5.91. The largest absolute Gasteiger partial charge is 0.493 e. The van der Waals surface area contributed by atoms with Gasteiger partial charge in [0, 0.05) is 12.1 Å². The molecule has 0 bridgehead atoms. The Bertz CT molecular complexity index is 870. The Balaban J connectivity index is 2.10. The van der Waals surface area contributed by atoms with Gasteiger partial charge in [-0.3, -0.25) is 20.7 Å². The molecule has 2 rings (SSSR count). The summed E-state index contributed by atoms with van der Waals surface area (Å²) in [4.78, 5) is 27.4. The van der Waals surface area contributed by atoms with E-state index in [1.165, 1.54) is 45.6 Å². The SMILES string of the molecule is COc1cc(C(=O)O[NH+]=C(N)Cc2ccc([N+](=O)[O-])cc2)cc(OC)c1OC. The fourth-order valence-corrected chi connectivity index (χ4v) is 2.36. The number of amidine groups is 1. The number of benzene rings is 2. The summed E-state index contributed by atoms with van der Waals surface area (Å²) in [5, 5.41) is 13.0. The minimum Gasteiger partial charge on any atom is -0.493 e. The maximum absolute atomic E-state index is 12.3. The molecule has 10 nitrogen and oxygen atoms in total. The van der Waals surface area contributed by atoms with E-state index in [4.69, 9.17) is 24.8 Å². The number of nitro groups is 1. The average Bonchev–Trinajstić information content (AvgIpc) is 2.71. The first-order valence-corrected chi connectivity index (χ1v) is 8.01. The molecule has 0 heterocycles. The van der Waals surface area contributed by atoms with Gasteiger partial charge in [0.05, 0.1) is 38.2 Å². The predicted octanol–water partition coefficient (Wildman–Crippen LogP) is 0.373. The molecule has 10 heteroatoms. The Morgan fingerprint density at radius 3 is 2.11 bits per heavy atom. The lowest BCUT2D eigenvalue weighted by Crippen LogP contribution is -2.75. The molecule has 0 saturated heterocycles. The summed E-state index contributed by atoms with van der Waals surface area (Å²) in [7, 11) is 4.31. The molecule has 0 saturated carbocycles. The van der Waals surface area contributed by atoms with Crippen LogP contribution in [0.25, 0.3) is 0 Å². The van der Waals surface area contributed by atoms with Gasteiger partial charge in [-0.25, -0.2) is 4.79 Å². The number of carbonyl (C=O) groups is 1. The summed E-state index contributed by atoms with van der Waals surface area (Å²) >= 11 is 0. The molecule has 0 amide bonds. The zero-order chi connectivity index (χ0) is 20.7. The van der Waals surface area contributed by atoms with Crippen molar-refractivity contribution in [1.82, 2.24) is 0 Å². The van der Waals surface area contributed by atoms with Crippen molar-refractivity contribution in [2.24, 2.45) is 5.73 Å². The highest BCUT2D eigenvalue weighted by atomic mass is 16.7. The minimum atomic E-state index is -0.717. The third-order valence-corrected chi connectivity index (χ3v) is 3.72. The van der Waals surface area contributed by atoms with Gasteiger partial charge in [-0.1, -0.05) is 17.3 Å². The highest BCUT2D eigenvalue weighted by Gasteiger charge is 2.19. The van der Waals surface area contributed by atoms with Crippen LogP contribution in [0.1, 0.15) is 15.9 Å². The van der Waals surface area contributed by atoms with E-state index in [0.29, 0.717) is 22.8 Å². The molecule has 0 radical (unpaired) electrons. The number of nitrogens with two attached hydrogens (primary N) is 1. The second kappa shape index (κ2) is 9.21. The third kappa shape index (κ3) is 4.87. The van der Waals surface area contributed by atoms with Crippen molar-refractivity contribution < 1.29 is 33.9 Å². The summed E-state index contributed by atoms with van der Waals surface area (Å²) in [5.74, 6) is 0.382. The van der Waals surface area contributed by atoms with E-state index < -0.39 is 10.9 Å². The van der Waals surface area contributed by atoms with Gasteiger partial charge in [0.1, 0.15) is 0 Å². The molecule has 28 heavy (non-hydrogen) atoms. The lowest BCUT2D eigenvalue weighted by molar-refractivity contribution is -0.722. The molecular weight excluding hydrogens is 370 g/mol. The fraction of sp³-hybridized carbons (Fsp3) is 0.222. The van der Waals surface area contributed by atoms with Gasteiger partial charge in [0.2, 0.25) is 5.75 Å². The first kappa shape index (κ1) is 20.5. The van der Waals surface area contributed by atoms with Crippen LogP contribution in [0, 0.1) is 10.1 Å². The molecule has 0 aliphatic rings. The Hall–Kier alpha value is -3.82. The average molecular weight is 390 g/mol. The summed E-state index contributed by atoms with van der Waals surface area (Å²) in [6, 6.07) is 8.74. The summed E-state index contributed by atoms with van der Waals surface area (Å²) in [6.45, 7) is 0. The van der Waals surface area contributed by atoms with Crippen molar-refractivity contribution in [2.75, 3.05) is 21.3 Å². The number of carbonyl (C=O) groups excluding carboxylic acids is 1. The quantitative estimate of drug-likeness (QED) is 0.217. The fourth-order valence-electron chi connectivity index (χ4n) is 2.36. The van der Waals surface area contributed by atoms with E-state index in [9.17, 15) is 14.9 Å². The maximum Gasteiger partial charge on any atom is 0.388 e. The molecule has 0 aromatic heterocycles. The van der Waals surface area contributed by atoms with Crippen molar-refractivity contribution in [2.45, 2.75) is 6.42 Å². The van der Waals surface area contributed by atoms with Crippen LogP contribution in [0.2, 0.25) is 0 Å². The minimum absolute atomic E-state index is 0.0240. The van der Waals surface area contributed by atoms with Gasteiger partial charge >= 0.3 is 5.97 Å². The predicted molar refractivity (Wildman–Crippen MR) is 98.5 cm³/mol. The van der Waals surface area contributed by atoms with Crippen molar-refractivity contribution in [3.8, 4) is 17.2 Å². The molecule has 0 fully saturated rings. The van der Waals surface area contributed by atoms with E-state index in [1.807, 2.05) is 0 Å². The first-order chi connectivity index (χ1) is 13.4. The standard InChI is InChI=1S/C18H19N3O7/c1-25-14-9-12(10-15(26-2)17(14)27-3)18(22)28-20-16(19)8-11-4-6-13(7-5-11)21(23)24/h4-7,9-10H,8H2,1-3H3,(H2,19,20)/p+1. The molecule has 0 aliphatic carbocycles. The number of hydrogen-bond acceptors (Lipinski definition) is 7. The lowest BCUT2D eigenvalue weighted by atomic mass is 10.1. The number of ether oxygens (including phenoxy) is 3. The van der Waals surface area contributed by atoms with Crippen LogP contribution in [-0.4, -0.2) is 38.1 Å². The normalized spacial score (nSPS) is 10.9. The van der Waals surface area contributed by atoms with Gasteiger partial charge in [-0.05, 0) is 17.7 Å². The van der Waals surface area contributed by atoms with E-state index in [2.05, 4.69) is 5.16 Å². The molecule has 148 valence electrons. The molecule has 0 spiro atoms. The van der Waals surface area contributed by atoms with Gasteiger partial charge in [0.25, 0.3) is 11.5 Å². The zero-order valence-electron chi connectivity index (χ0n) is 15.6. The summed E-state index contributed by atoms with van der Waals surface area (Å²) in [6.07, 6.45) is 0.209. The Morgan fingerprint density at radius 2 is 1.64 bits per heavy atom. The molecule has 3 N–H and O–H groups in total. The Kier molecular flexibility index (Phi) is 6.74. The van der Waals surface area contributed by atoms with Crippen LogP contribution in [-0.2, 0) is 11.3 Å². The van der Waals surface area contributed by atoms with Crippen LogP contribution in [0.4, 0.5) is 5.69 Å². The van der Waals surface area contributed by atoms with E-state index in [1.54, 1.807) is 12.1 Å². The molecule has 0 atom stereocenters. The van der Waals surface area contributed by atoms with Gasteiger partial charge in [-0.2, -0.15) is 0 Å². The van der Waals surface area contributed by atoms with E-state index in [-0.39, 0.29) is 23.5 Å².